The van der Waals surface area contributed by atoms with Crippen LogP contribution in [0.2, 0.25) is 10.0 Å². The van der Waals surface area contributed by atoms with Gasteiger partial charge in [0.2, 0.25) is 21.8 Å². The zero-order chi connectivity index (χ0) is 24.1. The number of aryl methyl sites for hydroxylation is 1. The number of amides is 2. The average Bonchev–Trinajstić information content (AvgIpc) is 2.73. The van der Waals surface area contributed by atoms with Crippen LogP contribution in [0.25, 0.3) is 0 Å². The molecule has 0 bridgehead atoms. The van der Waals surface area contributed by atoms with E-state index in [0.29, 0.717) is 27.7 Å². The van der Waals surface area contributed by atoms with Crippen LogP contribution in [0.4, 0.5) is 5.69 Å². The molecule has 0 aromatic heterocycles. The quantitative estimate of drug-likeness (QED) is 0.570. The molecule has 1 atom stereocenters. The Bertz CT molecular complexity index is 1080. The molecule has 2 aromatic rings. The molecule has 10 heteroatoms. The lowest BCUT2D eigenvalue weighted by atomic mass is 10.1. The van der Waals surface area contributed by atoms with Crippen LogP contribution in [0.15, 0.2) is 42.5 Å². The number of rotatable bonds is 9. The largest absolute Gasteiger partial charge is 0.357 e. The van der Waals surface area contributed by atoms with Crippen molar-refractivity contribution in [2.75, 3.05) is 24.2 Å². The second-order valence-corrected chi connectivity index (χ2v) is 10.2. The van der Waals surface area contributed by atoms with E-state index in [9.17, 15) is 18.0 Å². The maximum atomic E-state index is 13.4. The zero-order valence-corrected chi connectivity index (χ0v) is 20.8. The molecular weight excluding hydrogens is 473 g/mol. The van der Waals surface area contributed by atoms with Crippen LogP contribution >= 0.6 is 23.2 Å². The number of carbonyl (C=O) groups excluding carboxylic acids is 2. The van der Waals surface area contributed by atoms with Crippen molar-refractivity contribution in [3.05, 3.63) is 63.6 Å². The third-order valence-corrected chi connectivity index (χ3v) is 6.63. The predicted molar refractivity (Wildman–Crippen MR) is 129 cm³/mol. The molecule has 2 rings (SSSR count). The Hall–Kier alpha value is -2.29. The number of carbonyl (C=O) groups is 2. The lowest BCUT2D eigenvalue weighted by Crippen LogP contribution is -2.51. The van der Waals surface area contributed by atoms with Gasteiger partial charge in [0.25, 0.3) is 0 Å². The van der Waals surface area contributed by atoms with Gasteiger partial charge in [0.1, 0.15) is 12.6 Å². The van der Waals surface area contributed by atoms with Crippen molar-refractivity contribution in [2.24, 2.45) is 0 Å². The van der Waals surface area contributed by atoms with Crippen molar-refractivity contribution >= 4 is 50.7 Å². The Morgan fingerprint density at radius 3 is 2.19 bits per heavy atom. The average molecular weight is 500 g/mol. The van der Waals surface area contributed by atoms with E-state index >= 15 is 0 Å². The number of nitrogens with one attached hydrogen (secondary N) is 1. The van der Waals surface area contributed by atoms with Crippen molar-refractivity contribution in [3.63, 3.8) is 0 Å². The highest BCUT2D eigenvalue weighted by atomic mass is 35.5. The van der Waals surface area contributed by atoms with Gasteiger partial charge in [0.05, 0.1) is 11.9 Å². The van der Waals surface area contributed by atoms with E-state index in [4.69, 9.17) is 23.2 Å². The summed E-state index contributed by atoms with van der Waals surface area (Å²) in [6.07, 6.45) is 1.38. The third kappa shape index (κ3) is 6.60. The monoisotopic (exact) mass is 499 g/mol. The van der Waals surface area contributed by atoms with E-state index < -0.39 is 28.5 Å². The molecule has 0 saturated heterocycles. The Labute approximate surface area is 199 Å². The molecule has 0 unspecified atom stereocenters. The van der Waals surface area contributed by atoms with Gasteiger partial charge in [0.15, 0.2) is 0 Å². The minimum atomic E-state index is -3.81. The van der Waals surface area contributed by atoms with Crippen LogP contribution in [0.5, 0.6) is 0 Å². The molecule has 7 nitrogen and oxygen atoms in total. The number of sulfonamides is 1. The maximum Gasteiger partial charge on any atom is 0.244 e. The van der Waals surface area contributed by atoms with Crippen LogP contribution in [0.1, 0.15) is 24.5 Å². The lowest BCUT2D eigenvalue weighted by Gasteiger charge is -2.33. The topological polar surface area (TPSA) is 86.8 Å². The molecule has 0 spiro atoms. The van der Waals surface area contributed by atoms with E-state index in [0.717, 1.165) is 16.1 Å². The SMILES string of the molecule is CC[C@@H](C(=O)NC)N(Cc1ccc(Cl)cc1)C(=O)CN(c1cc(Cl)ccc1C)S(C)(=O)=O. The number of anilines is 1. The summed E-state index contributed by atoms with van der Waals surface area (Å²) >= 11 is 12.0. The summed E-state index contributed by atoms with van der Waals surface area (Å²) in [5.41, 5.74) is 1.72. The standard InChI is InChI=1S/C22H27Cl2N3O4S/c1-5-19(22(29)25-3)26(13-16-7-10-17(23)11-8-16)21(28)14-27(32(4,30)31)20-12-18(24)9-6-15(20)2/h6-12,19H,5,13-14H2,1-4H3,(H,25,29)/t19-/m0/s1. The smallest absolute Gasteiger partial charge is 0.244 e. The summed E-state index contributed by atoms with van der Waals surface area (Å²) in [6, 6.07) is 11.0. The number of nitrogens with zero attached hydrogens (tertiary/aromatic N) is 2. The second kappa shape index (κ2) is 11.0. The summed E-state index contributed by atoms with van der Waals surface area (Å²) in [4.78, 5) is 27.3. The van der Waals surface area contributed by atoms with Gasteiger partial charge in [-0.05, 0) is 48.7 Å². The van der Waals surface area contributed by atoms with Crippen LogP contribution in [0.3, 0.4) is 0 Å². The zero-order valence-electron chi connectivity index (χ0n) is 18.4. The summed E-state index contributed by atoms with van der Waals surface area (Å²) in [7, 11) is -2.32. The van der Waals surface area contributed by atoms with E-state index in [2.05, 4.69) is 5.32 Å². The van der Waals surface area contributed by atoms with Crippen LogP contribution in [-0.2, 0) is 26.2 Å². The second-order valence-electron chi connectivity index (χ2n) is 7.39. The highest BCUT2D eigenvalue weighted by Crippen LogP contribution is 2.27. The fourth-order valence-corrected chi connectivity index (χ4v) is 4.51. The number of hydrogen-bond acceptors (Lipinski definition) is 4. The highest BCUT2D eigenvalue weighted by molar-refractivity contribution is 7.92. The fourth-order valence-electron chi connectivity index (χ4n) is 3.32. The Kier molecular flexibility index (Phi) is 8.95. The van der Waals surface area contributed by atoms with Crippen molar-refractivity contribution in [3.8, 4) is 0 Å². The molecular formula is C22H27Cl2N3O4S. The van der Waals surface area contributed by atoms with E-state index in [1.807, 2.05) is 0 Å². The molecule has 0 aliphatic heterocycles. The van der Waals surface area contributed by atoms with Crippen molar-refractivity contribution in [1.82, 2.24) is 10.2 Å². The molecule has 1 N–H and O–H groups in total. The van der Waals surface area contributed by atoms with Crippen LogP contribution < -0.4 is 9.62 Å². The van der Waals surface area contributed by atoms with E-state index in [-0.39, 0.29) is 12.5 Å². The number of halogens is 2. The molecule has 32 heavy (non-hydrogen) atoms. The number of likely N-dealkylation sites (N-methyl/N-ethyl adjacent to an activating group) is 1. The van der Waals surface area contributed by atoms with Gasteiger partial charge >= 0.3 is 0 Å². The molecule has 0 aliphatic rings. The van der Waals surface area contributed by atoms with Gasteiger partial charge in [-0.1, -0.05) is 48.3 Å². The van der Waals surface area contributed by atoms with Crippen molar-refractivity contribution in [2.45, 2.75) is 32.9 Å². The molecule has 0 radical (unpaired) electrons. The summed E-state index contributed by atoms with van der Waals surface area (Å²) < 4.78 is 26.2. The first kappa shape index (κ1) is 26.0. The van der Waals surface area contributed by atoms with Crippen LogP contribution in [0, 0.1) is 6.92 Å². The Morgan fingerprint density at radius 1 is 1.06 bits per heavy atom. The molecule has 0 heterocycles. The van der Waals surface area contributed by atoms with Gasteiger partial charge in [-0.15, -0.1) is 0 Å². The highest BCUT2D eigenvalue weighted by Gasteiger charge is 2.31. The lowest BCUT2D eigenvalue weighted by molar-refractivity contribution is -0.140. The van der Waals surface area contributed by atoms with Crippen molar-refractivity contribution < 1.29 is 18.0 Å². The Morgan fingerprint density at radius 2 is 1.66 bits per heavy atom. The molecule has 2 amide bonds. The summed E-state index contributed by atoms with van der Waals surface area (Å²) in [6.45, 7) is 3.17. The van der Waals surface area contributed by atoms with Gasteiger partial charge in [-0.25, -0.2) is 8.42 Å². The molecule has 2 aromatic carbocycles. The molecule has 0 fully saturated rings. The number of hydrogen-bond donors (Lipinski definition) is 1. The summed E-state index contributed by atoms with van der Waals surface area (Å²) in [5, 5.41) is 3.47. The Balaban J connectivity index is 2.46. The van der Waals surface area contributed by atoms with Gasteiger partial charge in [0, 0.05) is 23.6 Å². The first-order valence-corrected chi connectivity index (χ1v) is 12.6. The first-order valence-electron chi connectivity index (χ1n) is 9.97. The summed E-state index contributed by atoms with van der Waals surface area (Å²) in [5.74, 6) is -0.847. The van der Waals surface area contributed by atoms with Gasteiger partial charge in [-0.2, -0.15) is 0 Å². The molecule has 0 saturated carbocycles. The molecule has 174 valence electrons. The molecule has 0 aliphatic carbocycles. The maximum absolute atomic E-state index is 13.4. The van der Waals surface area contributed by atoms with Crippen LogP contribution in [-0.4, -0.2) is 51.0 Å². The van der Waals surface area contributed by atoms with Gasteiger partial charge in [-0.3, -0.25) is 13.9 Å². The minimum Gasteiger partial charge on any atom is -0.357 e. The third-order valence-electron chi connectivity index (χ3n) is 5.02. The number of benzene rings is 2. The van der Waals surface area contributed by atoms with E-state index in [1.165, 1.54) is 18.0 Å². The minimum absolute atomic E-state index is 0.119. The van der Waals surface area contributed by atoms with Crippen molar-refractivity contribution in [1.29, 1.82) is 0 Å². The fraction of sp³-hybridized carbons (Fsp3) is 0.364. The predicted octanol–water partition coefficient (Wildman–Crippen LogP) is 3.62. The first-order chi connectivity index (χ1) is 15.0. The normalized spacial score (nSPS) is 12.2. The van der Waals surface area contributed by atoms with Gasteiger partial charge < -0.3 is 10.2 Å². The van der Waals surface area contributed by atoms with E-state index in [1.54, 1.807) is 50.2 Å².